The number of carbonyl (C=O) groups is 1. The van der Waals surface area contributed by atoms with Gasteiger partial charge in [-0.3, -0.25) is 14.9 Å². The van der Waals surface area contributed by atoms with Gasteiger partial charge in [-0.05, 0) is 31.5 Å². The summed E-state index contributed by atoms with van der Waals surface area (Å²) in [7, 11) is 0. The van der Waals surface area contributed by atoms with Crippen LogP contribution in [0, 0.1) is 24.0 Å². The first kappa shape index (κ1) is 19.3. The molecule has 0 radical (unpaired) electrons. The van der Waals surface area contributed by atoms with Gasteiger partial charge >= 0.3 is 0 Å². The van der Waals surface area contributed by atoms with Crippen LogP contribution in [0.2, 0.25) is 0 Å². The lowest BCUT2D eigenvalue weighted by Crippen LogP contribution is -2.16. The smallest absolute Gasteiger partial charge is 0.269 e. The van der Waals surface area contributed by atoms with E-state index < -0.39 is 4.92 Å². The SMILES string of the molecule is Cc1ccc(NC(CC(=O)c2ccc(C)cc2)c2ccc([N+](=O)[O-])cc2)cc1. The maximum atomic E-state index is 12.8. The normalized spacial score (nSPS) is 11.6. The van der Waals surface area contributed by atoms with Gasteiger partial charge in [0.2, 0.25) is 0 Å². The topological polar surface area (TPSA) is 72.2 Å². The molecule has 142 valence electrons. The summed E-state index contributed by atoms with van der Waals surface area (Å²) in [6.45, 7) is 3.99. The van der Waals surface area contributed by atoms with Crippen molar-refractivity contribution in [2.45, 2.75) is 26.3 Å². The number of non-ortho nitro benzene ring substituents is 1. The first-order chi connectivity index (χ1) is 13.4. The first-order valence-electron chi connectivity index (χ1n) is 9.10. The average Bonchev–Trinajstić information content (AvgIpc) is 2.69. The summed E-state index contributed by atoms with van der Waals surface area (Å²) in [6, 6.07) is 21.5. The third-order valence-electron chi connectivity index (χ3n) is 4.66. The fraction of sp³-hybridized carbons (Fsp3) is 0.174. The van der Waals surface area contributed by atoms with Crippen molar-refractivity contribution in [3.8, 4) is 0 Å². The Bertz CT molecular complexity index is 962. The van der Waals surface area contributed by atoms with Gasteiger partial charge in [0.1, 0.15) is 0 Å². The molecule has 1 atom stereocenters. The van der Waals surface area contributed by atoms with Crippen molar-refractivity contribution in [3.63, 3.8) is 0 Å². The Morgan fingerprint density at radius 3 is 1.96 bits per heavy atom. The molecule has 0 saturated carbocycles. The third kappa shape index (κ3) is 4.82. The summed E-state index contributed by atoms with van der Waals surface area (Å²) >= 11 is 0. The highest BCUT2D eigenvalue weighted by atomic mass is 16.6. The first-order valence-corrected chi connectivity index (χ1v) is 9.10. The Kier molecular flexibility index (Phi) is 5.84. The molecule has 3 aromatic carbocycles. The van der Waals surface area contributed by atoms with E-state index in [9.17, 15) is 14.9 Å². The van der Waals surface area contributed by atoms with Crippen LogP contribution in [-0.4, -0.2) is 10.7 Å². The third-order valence-corrected chi connectivity index (χ3v) is 4.66. The molecule has 0 spiro atoms. The van der Waals surface area contributed by atoms with Crippen LogP contribution in [0.3, 0.4) is 0 Å². The van der Waals surface area contributed by atoms with E-state index in [1.54, 1.807) is 12.1 Å². The van der Waals surface area contributed by atoms with Crippen LogP contribution in [0.25, 0.3) is 0 Å². The highest BCUT2D eigenvalue weighted by molar-refractivity contribution is 5.96. The van der Waals surface area contributed by atoms with Gasteiger partial charge in [0.05, 0.1) is 11.0 Å². The molecule has 0 aliphatic carbocycles. The van der Waals surface area contributed by atoms with Gasteiger partial charge in [-0.25, -0.2) is 0 Å². The fourth-order valence-corrected chi connectivity index (χ4v) is 2.97. The van der Waals surface area contributed by atoms with Crippen molar-refractivity contribution in [1.82, 2.24) is 0 Å². The summed E-state index contributed by atoms with van der Waals surface area (Å²) in [5, 5.41) is 14.3. The number of aryl methyl sites for hydroxylation is 2. The second kappa shape index (κ2) is 8.48. The Morgan fingerprint density at radius 1 is 0.893 bits per heavy atom. The standard InChI is InChI=1S/C23H22N2O3/c1-16-3-7-19(8-4-16)23(26)15-22(24-20-11-5-17(2)6-12-20)18-9-13-21(14-10-18)25(27)28/h3-14,22,24H,15H2,1-2H3. The number of nitro benzene ring substituents is 1. The molecule has 0 amide bonds. The van der Waals surface area contributed by atoms with E-state index in [-0.39, 0.29) is 23.9 Å². The number of nitrogens with one attached hydrogen (secondary N) is 1. The van der Waals surface area contributed by atoms with Crippen molar-refractivity contribution in [2.24, 2.45) is 0 Å². The molecule has 1 N–H and O–H groups in total. The quantitative estimate of drug-likeness (QED) is 0.330. The zero-order valence-electron chi connectivity index (χ0n) is 15.9. The number of benzene rings is 3. The molecule has 1 unspecified atom stereocenters. The summed E-state index contributed by atoms with van der Waals surface area (Å²) in [5.41, 5.74) is 4.65. The number of Topliss-reactive ketones (excluding diaryl/α,β-unsaturated/α-hetero) is 1. The molecule has 0 fully saturated rings. The summed E-state index contributed by atoms with van der Waals surface area (Å²) in [5.74, 6) is 0.0166. The largest absolute Gasteiger partial charge is 0.378 e. The highest BCUT2D eigenvalue weighted by Crippen LogP contribution is 2.26. The van der Waals surface area contributed by atoms with Crippen LogP contribution in [-0.2, 0) is 0 Å². The van der Waals surface area contributed by atoms with Gasteiger partial charge < -0.3 is 5.32 Å². The van der Waals surface area contributed by atoms with Gasteiger partial charge in [0.15, 0.2) is 5.78 Å². The molecule has 3 rings (SSSR count). The molecular weight excluding hydrogens is 352 g/mol. The number of carbonyl (C=O) groups excluding carboxylic acids is 1. The minimum atomic E-state index is -0.427. The summed E-state index contributed by atoms with van der Waals surface area (Å²) < 4.78 is 0. The molecule has 0 saturated heterocycles. The van der Waals surface area contributed by atoms with Gasteiger partial charge in [0.25, 0.3) is 5.69 Å². The second-order valence-corrected chi connectivity index (χ2v) is 6.90. The number of hydrogen-bond acceptors (Lipinski definition) is 4. The number of nitro groups is 1. The van der Waals surface area contributed by atoms with Crippen LogP contribution < -0.4 is 5.32 Å². The molecule has 0 aliphatic heterocycles. The molecule has 5 nitrogen and oxygen atoms in total. The van der Waals surface area contributed by atoms with Crippen LogP contribution in [0.5, 0.6) is 0 Å². The van der Waals surface area contributed by atoms with E-state index in [1.807, 2.05) is 62.4 Å². The van der Waals surface area contributed by atoms with E-state index in [4.69, 9.17) is 0 Å². The number of hydrogen-bond donors (Lipinski definition) is 1. The maximum absolute atomic E-state index is 12.8. The molecule has 0 bridgehead atoms. The summed E-state index contributed by atoms with van der Waals surface area (Å²) in [6.07, 6.45) is 0.245. The lowest BCUT2D eigenvalue weighted by molar-refractivity contribution is -0.384. The van der Waals surface area contributed by atoms with E-state index in [2.05, 4.69) is 5.32 Å². The van der Waals surface area contributed by atoms with E-state index in [1.165, 1.54) is 12.1 Å². The zero-order valence-corrected chi connectivity index (χ0v) is 15.9. The van der Waals surface area contributed by atoms with Crippen molar-refractivity contribution < 1.29 is 9.72 Å². The van der Waals surface area contributed by atoms with Crippen LogP contribution in [0.4, 0.5) is 11.4 Å². The minimum absolute atomic E-state index is 0.0166. The van der Waals surface area contributed by atoms with Crippen LogP contribution >= 0.6 is 0 Å². The minimum Gasteiger partial charge on any atom is -0.378 e. The Balaban J connectivity index is 1.86. The molecule has 0 aromatic heterocycles. The maximum Gasteiger partial charge on any atom is 0.269 e. The van der Waals surface area contributed by atoms with E-state index in [0.29, 0.717) is 5.56 Å². The van der Waals surface area contributed by atoms with Crippen molar-refractivity contribution >= 4 is 17.2 Å². The van der Waals surface area contributed by atoms with Gasteiger partial charge in [0, 0.05) is 29.8 Å². The predicted octanol–water partition coefficient (Wildman–Crippen LogP) is 5.64. The zero-order chi connectivity index (χ0) is 20.1. The molecule has 3 aromatic rings. The molecule has 0 aliphatic rings. The average molecular weight is 374 g/mol. The second-order valence-electron chi connectivity index (χ2n) is 6.90. The fourth-order valence-electron chi connectivity index (χ4n) is 2.97. The Morgan fingerprint density at radius 2 is 1.43 bits per heavy atom. The van der Waals surface area contributed by atoms with Crippen LogP contribution in [0.15, 0.2) is 72.8 Å². The van der Waals surface area contributed by atoms with Crippen molar-refractivity contribution in [2.75, 3.05) is 5.32 Å². The van der Waals surface area contributed by atoms with Gasteiger partial charge in [-0.2, -0.15) is 0 Å². The van der Waals surface area contributed by atoms with Crippen molar-refractivity contribution in [1.29, 1.82) is 0 Å². The molecule has 0 heterocycles. The Hall–Kier alpha value is -3.47. The van der Waals surface area contributed by atoms with E-state index >= 15 is 0 Å². The van der Waals surface area contributed by atoms with Gasteiger partial charge in [-0.15, -0.1) is 0 Å². The highest BCUT2D eigenvalue weighted by Gasteiger charge is 2.18. The number of anilines is 1. The monoisotopic (exact) mass is 374 g/mol. The molecule has 5 heteroatoms. The summed E-state index contributed by atoms with van der Waals surface area (Å²) in [4.78, 5) is 23.3. The lowest BCUT2D eigenvalue weighted by atomic mass is 9.97. The number of rotatable bonds is 7. The number of nitrogens with zero attached hydrogens (tertiary/aromatic N) is 1. The predicted molar refractivity (Wildman–Crippen MR) is 111 cm³/mol. The van der Waals surface area contributed by atoms with Crippen molar-refractivity contribution in [3.05, 3.63) is 105 Å². The van der Waals surface area contributed by atoms with Gasteiger partial charge in [-0.1, -0.05) is 59.7 Å². The molecular formula is C23H22N2O3. The Labute approximate surface area is 164 Å². The lowest BCUT2D eigenvalue weighted by Gasteiger charge is -2.20. The van der Waals surface area contributed by atoms with Crippen LogP contribution in [0.1, 0.15) is 39.5 Å². The van der Waals surface area contributed by atoms with E-state index in [0.717, 1.165) is 22.4 Å². The molecule has 28 heavy (non-hydrogen) atoms. The number of ketones is 1.